The van der Waals surface area contributed by atoms with Crippen LogP contribution in [0.2, 0.25) is 0 Å². The average molecular weight is 459 g/mol. The molecule has 34 heavy (non-hydrogen) atoms. The number of imide groups is 1. The number of hydrogen-bond donors (Lipinski definition) is 1. The van der Waals surface area contributed by atoms with Gasteiger partial charge in [-0.05, 0) is 56.3 Å². The van der Waals surface area contributed by atoms with Gasteiger partial charge in [0.05, 0.1) is 31.6 Å². The maximum Gasteiger partial charge on any atom is 0.282 e. The number of methoxy groups -OCH3 is 2. The summed E-state index contributed by atoms with van der Waals surface area (Å²) in [4.78, 5) is 28.4. The Morgan fingerprint density at radius 2 is 1.53 bits per heavy atom. The number of nitrogens with one attached hydrogen (secondary N) is 1. The monoisotopic (exact) mass is 458 g/mol. The molecule has 0 radical (unpaired) electrons. The predicted molar refractivity (Wildman–Crippen MR) is 131 cm³/mol. The van der Waals surface area contributed by atoms with E-state index in [1.165, 1.54) is 14.2 Å². The number of benzene rings is 3. The van der Waals surface area contributed by atoms with Gasteiger partial charge in [-0.15, -0.1) is 0 Å². The van der Waals surface area contributed by atoms with Crippen LogP contribution in [0.1, 0.15) is 19.4 Å². The lowest BCUT2D eigenvalue weighted by Crippen LogP contribution is -2.32. The van der Waals surface area contributed by atoms with Gasteiger partial charge in [0, 0.05) is 17.3 Å². The van der Waals surface area contributed by atoms with Gasteiger partial charge < -0.3 is 19.5 Å². The normalized spacial score (nSPS) is 13.5. The van der Waals surface area contributed by atoms with Crippen LogP contribution in [0.4, 0.5) is 11.4 Å². The Kier molecular flexibility index (Phi) is 6.54. The fourth-order valence-electron chi connectivity index (χ4n) is 3.76. The number of carbonyl (C=O) groups is 2. The van der Waals surface area contributed by atoms with E-state index in [1.54, 1.807) is 54.6 Å². The Hall–Kier alpha value is -4.26. The Balaban J connectivity index is 1.78. The van der Waals surface area contributed by atoms with Gasteiger partial charge in [-0.3, -0.25) is 9.59 Å². The Morgan fingerprint density at radius 1 is 0.794 bits per heavy atom. The van der Waals surface area contributed by atoms with Gasteiger partial charge in [-0.2, -0.15) is 0 Å². The minimum absolute atomic E-state index is 0.0455. The van der Waals surface area contributed by atoms with Crippen LogP contribution in [0.3, 0.4) is 0 Å². The molecule has 0 atom stereocenters. The number of nitrogens with zero attached hydrogens (tertiary/aromatic N) is 1. The number of anilines is 2. The van der Waals surface area contributed by atoms with Crippen LogP contribution in [0.25, 0.3) is 5.57 Å². The van der Waals surface area contributed by atoms with Crippen molar-refractivity contribution in [1.29, 1.82) is 0 Å². The van der Waals surface area contributed by atoms with Gasteiger partial charge in [0.2, 0.25) is 0 Å². The number of para-hydroxylation sites is 1. The molecule has 0 saturated heterocycles. The van der Waals surface area contributed by atoms with Crippen molar-refractivity contribution in [2.75, 3.05) is 24.4 Å². The number of carbonyl (C=O) groups excluding carboxylic acids is 2. The molecule has 1 heterocycles. The first-order chi connectivity index (χ1) is 16.4. The highest BCUT2D eigenvalue weighted by Gasteiger charge is 2.41. The molecule has 0 aromatic heterocycles. The summed E-state index contributed by atoms with van der Waals surface area (Å²) in [5.74, 6) is 0.822. The van der Waals surface area contributed by atoms with Crippen molar-refractivity contribution in [3.63, 3.8) is 0 Å². The summed E-state index contributed by atoms with van der Waals surface area (Å²) in [6, 6.07) is 21.2. The summed E-state index contributed by atoms with van der Waals surface area (Å²) >= 11 is 0. The summed E-state index contributed by atoms with van der Waals surface area (Å²) in [5.41, 5.74) is 1.98. The van der Waals surface area contributed by atoms with E-state index in [4.69, 9.17) is 14.2 Å². The smallest absolute Gasteiger partial charge is 0.282 e. The molecule has 1 N–H and O–H groups in total. The topological polar surface area (TPSA) is 77.1 Å². The van der Waals surface area contributed by atoms with Gasteiger partial charge in [0.25, 0.3) is 11.8 Å². The highest BCUT2D eigenvalue weighted by atomic mass is 16.5. The molecule has 7 heteroatoms. The molecule has 0 aliphatic carbocycles. The number of amides is 2. The molecule has 4 rings (SSSR count). The molecule has 0 unspecified atom stereocenters. The van der Waals surface area contributed by atoms with E-state index >= 15 is 0 Å². The van der Waals surface area contributed by atoms with E-state index in [0.717, 1.165) is 4.90 Å². The lowest BCUT2D eigenvalue weighted by molar-refractivity contribution is -0.120. The summed E-state index contributed by atoms with van der Waals surface area (Å²) in [7, 11) is 3.06. The molecule has 7 nitrogen and oxygen atoms in total. The van der Waals surface area contributed by atoms with Gasteiger partial charge in [-0.25, -0.2) is 4.90 Å². The van der Waals surface area contributed by atoms with E-state index in [1.807, 2.05) is 32.0 Å². The number of rotatable bonds is 8. The van der Waals surface area contributed by atoms with Gasteiger partial charge in [0.1, 0.15) is 22.9 Å². The van der Waals surface area contributed by atoms with E-state index in [2.05, 4.69) is 5.32 Å². The van der Waals surface area contributed by atoms with Crippen LogP contribution in [-0.2, 0) is 9.59 Å². The summed E-state index contributed by atoms with van der Waals surface area (Å²) in [6.07, 6.45) is 0.0455. The lowest BCUT2D eigenvalue weighted by Gasteiger charge is -2.16. The zero-order valence-electron chi connectivity index (χ0n) is 19.5. The van der Waals surface area contributed by atoms with Crippen LogP contribution in [0.15, 0.2) is 78.5 Å². The fraction of sp³-hybridized carbons (Fsp3) is 0.185. The van der Waals surface area contributed by atoms with Gasteiger partial charge >= 0.3 is 0 Å². The van der Waals surface area contributed by atoms with Crippen LogP contribution in [-0.4, -0.2) is 32.1 Å². The molecule has 0 spiro atoms. The minimum atomic E-state index is -0.471. The quantitative estimate of drug-likeness (QED) is 0.485. The maximum atomic E-state index is 13.7. The molecule has 0 saturated carbocycles. The predicted octanol–water partition coefficient (Wildman–Crippen LogP) is 4.89. The van der Waals surface area contributed by atoms with Crippen LogP contribution < -0.4 is 24.4 Å². The summed E-state index contributed by atoms with van der Waals surface area (Å²) in [6.45, 7) is 3.90. The first kappa shape index (κ1) is 22.9. The second kappa shape index (κ2) is 9.70. The first-order valence-corrected chi connectivity index (χ1v) is 10.9. The molecule has 2 amide bonds. The Bertz CT molecular complexity index is 1250. The second-order valence-electron chi connectivity index (χ2n) is 7.91. The lowest BCUT2D eigenvalue weighted by atomic mass is 10.0. The third-order valence-corrected chi connectivity index (χ3v) is 5.27. The van der Waals surface area contributed by atoms with Crippen molar-refractivity contribution in [3.8, 4) is 17.2 Å². The van der Waals surface area contributed by atoms with Crippen LogP contribution in [0.5, 0.6) is 17.2 Å². The molecule has 1 aliphatic rings. The van der Waals surface area contributed by atoms with E-state index < -0.39 is 11.8 Å². The first-order valence-electron chi connectivity index (χ1n) is 10.9. The SMILES string of the molecule is COc1cccc(N2C(=O)C(Nc3ccc(OC(C)C)cc3)=C(c3ccccc3OC)C2=O)c1. The molecule has 1 aliphatic heterocycles. The molecule has 174 valence electrons. The van der Waals surface area contributed by atoms with Crippen molar-refractivity contribution >= 4 is 28.8 Å². The number of ether oxygens (including phenoxy) is 3. The van der Waals surface area contributed by atoms with Crippen molar-refractivity contribution in [2.45, 2.75) is 20.0 Å². The summed E-state index contributed by atoms with van der Waals surface area (Å²) < 4.78 is 16.5. The molecular formula is C27H26N2O5. The third-order valence-electron chi connectivity index (χ3n) is 5.27. The van der Waals surface area contributed by atoms with Gasteiger partial charge in [-0.1, -0.05) is 24.3 Å². The second-order valence-corrected chi connectivity index (χ2v) is 7.91. The maximum absolute atomic E-state index is 13.7. The van der Waals surface area contributed by atoms with Crippen LogP contribution >= 0.6 is 0 Å². The minimum Gasteiger partial charge on any atom is -0.497 e. The molecule has 3 aromatic carbocycles. The van der Waals surface area contributed by atoms with E-state index in [-0.39, 0.29) is 17.4 Å². The standard InChI is InChI=1S/C27H26N2O5/c1-17(2)34-20-14-12-18(13-15-20)28-25-24(22-10-5-6-11-23(22)33-4)26(30)29(27(25)31)19-8-7-9-21(16-19)32-3/h5-17,28H,1-4H3. The Labute approximate surface area is 198 Å². The largest absolute Gasteiger partial charge is 0.497 e. The van der Waals surface area contributed by atoms with Crippen molar-refractivity contribution < 1.29 is 23.8 Å². The zero-order valence-corrected chi connectivity index (χ0v) is 19.5. The summed E-state index contributed by atoms with van der Waals surface area (Å²) in [5, 5.41) is 3.16. The average Bonchev–Trinajstić information content (AvgIpc) is 3.08. The molecule has 0 bridgehead atoms. The number of hydrogen-bond acceptors (Lipinski definition) is 6. The van der Waals surface area contributed by atoms with Crippen molar-refractivity contribution in [3.05, 3.63) is 84.1 Å². The van der Waals surface area contributed by atoms with Crippen molar-refractivity contribution in [2.24, 2.45) is 0 Å². The zero-order chi connectivity index (χ0) is 24.2. The molecular weight excluding hydrogens is 432 g/mol. The third kappa shape index (κ3) is 4.45. The van der Waals surface area contributed by atoms with E-state index in [9.17, 15) is 9.59 Å². The highest BCUT2D eigenvalue weighted by Crippen LogP contribution is 2.38. The highest BCUT2D eigenvalue weighted by molar-refractivity contribution is 6.46. The van der Waals surface area contributed by atoms with Crippen LogP contribution in [0, 0.1) is 0 Å². The van der Waals surface area contributed by atoms with Gasteiger partial charge in [0.15, 0.2) is 0 Å². The molecule has 3 aromatic rings. The molecule has 0 fully saturated rings. The fourth-order valence-corrected chi connectivity index (χ4v) is 3.76. The van der Waals surface area contributed by atoms with Crippen molar-refractivity contribution in [1.82, 2.24) is 0 Å². The Morgan fingerprint density at radius 3 is 2.21 bits per heavy atom. The van der Waals surface area contributed by atoms with E-state index in [0.29, 0.717) is 34.2 Å².